The van der Waals surface area contributed by atoms with Crippen LogP contribution in [0.1, 0.15) is 5.56 Å². The van der Waals surface area contributed by atoms with Gasteiger partial charge in [-0.1, -0.05) is 11.6 Å². The summed E-state index contributed by atoms with van der Waals surface area (Å²) >= 11 is 6.74. The van der Waals surface area contributed by atoms with Crippen molar-refractivity contribution in [2.75, 3.05) is 11.4 Å². The van der Waals surface area contributed by atoms with Crippen LogP contribution in [0.25, 0.3) is 0 Å². The van der Waals surface area contributed by atoms with Crippen molar-refractivity contribution in [2.24, 2.45) is 0 Å². The van der Waals surface area contributed by atoms with E-state index >= 15 is 0 Å². The lowest BCUT2D eigenvalue weighted by Crippen LogP contribution is -2.26. The number of sulfonamides is 1. The number of aromatic nitrogens is 1. The molecular formula is C17H11ClFN3O3S2. The Hall–Kier alpha value is -2.67. The van der Waals surface area contributed by atoms with Crippen LogP contribution in [-0.4, -0.2) is 19.8 Å². The van der Waals surface area contributed by atoms with Gasteiger partial charge in [-0.05, 0) is 48.5 Å². The molecule has 0 unspecified atom stereocenters. The minimum atomic E-state index is -3.83. The summed E-state index contributed by atoms with van der Waals surface area (Å²) in [5, 5.41) is 9.37. The molecule has 2 aromatic carbocycles. The Morgan fingerprint density at radius 3 is 2.41 bits per heavy atom. The predicted molar refractivity (Wildman–Crippen MR) is 100 cm³/mol. The van der Waals surface area contributed by atoms with Crippen LogP contribution in [0.15, 0.2) is 53.4 Å². The molecule has 0 aliphatic heterocycles. The zero-order valence-electron chi connectivity index (χ0n) is 13.8. The molecular weight excluding hydrogens is 413 g/mol. The summed E-state index contributed by atoms with van der Waals surface area (Å²) in [6.45, 7) is 0. The summed E-state index contributed by atoms with van der Waals surface area (Å²) < 4.78 is 48.8. The molecule has 27 heavy (non-hydrogen) atoms. The maximum absolute atomic E-state index is 13.0. The molecule has 0 N–H and O–H groups in total. The van der Waals surface area contributed by atoms with Gasteiger partial charge in [0.15, 0.2) is 5.15 Å². The molecule has 1 aromatic heterocycles. The summed E-state index contributed by atoms with van der Waals surface area (Å²) in [5.41, 5.74) is 0.524. The van der Waals surface area contributed by atoms with Gasteiger partial charge in [-0.3, -0.25) is 4.31 Å². The quantitative estimate of drug-likeness (QED) is 0.606. The summed E-state index contributed by atoms with van der Waals surface area (Å²) in [6.07, 6.45) is 0. The van der Waals surface area contributed by atoms with Gasteiger partial charge in [0.25, 0.3) is 10.0 Å². The fourth-order valence-electron chi connectivity index (χ4n) is 2.15. The molecule has 1 heterocycles. The van der Waals surface area contributed by atoms with Crippen molar-refractivity contribution in [3.8, 4) is 16.9 Å². The first-order chi connectivity index (χ1) is 12.8. The van der Waals surface area contributed by atoms with Gasteiger partial charge in [0.05, 0.1) is 10.6 Å². The lowest BCUT2D eigenvalue weighted by Gasteiger charge is -2.19. The maximum atomic E-state index is 13.0. The number of nitrogens with zero attached hydrogens (tertiary/aromatic N) is 3. The second kappa shape index (κ2) is 7.52. The third kappa shape index (κ3) is 3.88. The normalized spacial score (nSPS) is 11.0. The zero-order chi connectivity index (χ0) is 19.6. The number of benzene rings is 2. The summed E-state index contributed by atoms with van der Waals surface area (Å²) in [5.74, 6) is -0.124. The second-order valence-corrected chi connectivity index (χ2v) is 8.33. The van der Waals surface area contributed by atoms with E-state index in [9.17, 15) is 12.8 Å². The van der Waals surface area contributed by atoms with E-state index in [4.69, 9.17) is 21.6 Å². The van der Waals surface area contributed by atoms with Crippen LogP contribution >= 0.6 is 23.1 Å². The first-order valence-electron chi connectivity index (χ1n) is 7.40. The fraction of sp³-hybridized carbons (Fsp3) is 0.0588. The SMILES string of the molecule is CN(c1ccc(Oc2snc(Cl)c2C#N)cc1)S(=O)(=O)c1ccc(F)cc1. The third-order valence-corrected chi connectivity index (χ3v) is 6.51. The first-order valence-corrected chi connectivity index (χ1v) is 10.00. The molecule has 0 radical (unpaired) electrons. The topological polar surface area (TPSA) is 83.3 Å². The van der Waals surface area contributed by atoms with E-state index in [0.29, 0.717) is 11.4 Å². The number of halogens is 2. The minimum Gasteiger partial charge on any atom is -0.444 e. The predicted octanol–water partition coefficient (Wildman–Crippen LogP) is 4.42. The molecule has 0 amide bonds. The van der Waals surface area contributed by atoms with Crippen molar-refractivity contribution < 1.29 is 17.5 Å². The molecule has 0 aliphatic rings. The molecule has 0 atom stereocenters. The molecule has 0 bridgehead atoms. The highest BCUT2D eigenvalue weighted by Gasteiger charge is 2.21. The van der Waals surface area contributed by atoms with Crippen LogP contribution in [0.2, 0.25) is 5.15 Å². The minimum absolute atomic E-state index is 0.0234. The van der Waals surface area contributed by atoms with Gasteiger partial charge in [-0.2, -0.15) is 9.64 Å². The largest absolute Gasteiger partial charge is 0.444 e. The Kier molecular flexibility index (Phi) is 5.32. The van der Waals surface area contributed by atoms with E-state index in [2.05, 4.69) is 4.37 Å². The van der Waals surface area contributed by atoms with Crippen molar-refractivity contribution >= 4 is 38.8 Å². The Morgan fingerprint density at radius 2 is 1.81 bits per heavy atom. The van der Waals surface area contributed by atoms with Gasteiger partial charge in [0, 0.05) is 18.6 Å². The third-order valence-electron chi connectivity index (χ3n) is 3.61. The van der Waals surface area contributed by atoms with Crippen molar-refractivity contribution in [2.45, 2.75) is 4.90 Å². The Balaban J connectivity index is 1.82. The molecule has 10 heteroatoms. The molecule has 0 spiro atoms. The highest BCUT2D eigenvalue weighted by Crippen LogP contribution is 2.34. The van der Waals surface area contributed by atoms with Gasteiger partial charge in [-0.25, -0.2) is 12.8 Å². The van der Waals surface area contributed by atoms with Gasteiger partial charge in [0.2, 0.25) is 5.06 Å². The van der Waals surface area contributed by atoms with Crippen molar-refractivity contribution in [3.63, 3.8) is 0 Å². The van der Waals surface area contributed by atoms with Crippen LogP contribution in [0.4, 0.5) is 10.1 Å². The van der Waals surface area contributed by atoms with Crippen molar-refractivity contribution in [3.05, 3.63) is 65.1 Å². The van der Waals surface area contributed by atoms with Gasteiger partial charge in [0.1, 0.15) is 23.2 Å². The summed E-state index contributed by atoms with van der Waals surface area (Å²) in [4.78, 5) is -0.0234. The standard InChI is InChI=1S/C17H11ClFN3O3S2/c1-22(27(23,24)14-8-2-11(19)3-9-14)12-4-6-13(7-5-12)25-17-15(10-20)16(18)21-26-17/h2-9H,1H3. The Labute approximate surface area is 164 Å². The number of ether oxygens (including phenoxy) is 1. The van der Waals surface area contributed by atoms with Gasteiger partial charge < -0.3 is 4.74 Å². The number of anilines is 1. The Morgan fingerprint density at radius 1 is 1.19 bits per heavy atom. The number of hydrogen-bond donors (Lipinski definition) is 0. The first kappa shape index (κ1) is 19.1. The highest BCUT2D eigenvalue weighted by molar-refractivity contribution is 7.92. The molecule has 0 fully saturated rings. The fourth-order valence-corrected chi connectivity index (χ4v) is 4.26. The maximum Gasteiger partial charge on any atom is 0.264 e. The van der Waals surface area contributed by atoms with Crippen LogP contribution < -0.4 is 9.04 Å². The number of hydrogen-bond acceptors (Lipinski definition) is 6. The lowest BCUT2D eigenvalue weighted by atomic mass is 10.3. The van der Waals surface area contributed by atoms with E-state index in [0.717, 1.165) is 28.0 Å². The van der Waals surface area contributed by atoms with E-state index in [-0.39, 0.29) is 20.7 Å². The average Bonchev–Trinajstić information content (AvgIpc) is 3.01. The number of rotatable bonds is 5. The molecule has 3 rings (SSSR count). The average molecular weight is 424 g/mol. The van der Waals surface area contributed by atoms with Crippen LogP contribution in [0.5, 0.6) is 10.8 Å². The van der Waals surface area contributed by atoms with Gasteiger partial charge >= 0.3 is 0 Å². The summed E-state index contributed by atoms with van der Waals surface area (Å²) in [6, 6.07) is 12.7. The Bertz CT molecular complexity index is 1110. The molecule has 138 valence electrons. The molecule has 0 saturated carbocycles. The monoisotopic (exact) mass is 423 g/mol. The van der Waals surface area contributed by atoms with E-state index in [1.54, 1.807) is 24.3 Å². The lowest BCUT2D eigenvalue weighted by molar-refractivity contribution is 0.495. The molecule has 0 aliphatic carbocycles. The van der Waals surface area contributed by atoms with Crippen LogP contribution in [-0.2, 0) is 10.0 Å². The summed E-state index contributed by atoms with van der Waals surface area (Å²) in [7, 11) is -2.44. The van der Waals surface area contributed by atoms with E-state index in [1.807, 2.05) is 6.07 Å². The number of nitriles is 1. The van der Waals surface area contributed by atoms with Crippen molar-refractivity contribution in [1.82, 2.24) is 4.37 Å². The van der Waals surface area contributed by atoms with Crippen molar-refractivity contribution in [1.29, 1.82) is 5.26 Å². The molecule has 3 aromatic rings. The highest BCUT2D eigenvalue weighted by atomic mass is 35.5. The smallest absolute Gasteiger partial charge is 0.264 e. The molecule has 0 saturated heterocycles. The second-order valence-electron chi connectivity index (χ2n) is 5.27. The van der Waals surface area contributed by atoms with E-state index in [1.165, 1.54) is 19.2 Å². The van der Waals surface area contributed by atoms with Crippen LogP contribution in [0.3, 0.4) is 0 Å². The van der Waals surface area contributed by atoms with E-state index < -0.39 is 15.8 Å². The van der Waals surface area contributed by atoms with Crippen LogP contribution in [0, 0.1) is 17.1 Å². The van der Waals surface area contributed by atoms with Gasteiger partial charge in [-0.15, -0.1) is 0 Å². The zero-order valence-corrected chi connectivity index (χ0v) is 16.1. The molecule has 6 nitrogen and oxygen atoms in total.